The van der Waals surface area contributed by atoms with Crippen molar-refractivity contribution in [2.45, 2.75) is 23.8 Å². The Morgan fingerprint density at radius 1 is 1.32 bits per heavy atom. The predicted molar refractivity (Wildman–Crippen MR) is 92.4 cm³/mol. The lowest BCUT2D eigenvalue weighted by Gasteiger charge is -2.29. The normalized spacial score (nSPS) is 40.9. The molecule has 2 heterocycles. The Morgan fingerprint density at radius 2 is 2.04 bits per heavy atom. The minimum atomic E-state index is -1.12. The summed E-state index contributed by atoms with van der Waals surface area (Å²) in [5, 5.41) is 19.5. The number of nitriles is 2. The molecule has 4 atom stereocenters. The second-order valence-electron chi connectivity index (χ2n) is 6.56. The summed E-state index contributed by atoms with van der Waals surface area (Å²) in [5.41, 5.74) is 4.35. The predicted octanol–water partition coefficient (Wildman–Crippen LogP) is 0.245. The van der Waals surface area contributed by atoms with E-state index in [0.29, 0.717) is 18.9 Å². The molecule has 0 amide bonds. The molecule has 128 valence electrons. The van der Waals surface area contributed by atoms with Crippen molar-refractivity contribution < 1.29 is 14.5 Å². The van der Waals surface area contributed by atoms with Crippen LogP contribution in [0.3, 0.4) is 0 Å². The van der Waals surface area contributed by atoms with Crippen molar-refractivity contribution in [2.75, 3.05) is 19.5 Å². The van der Waals surface area contributed by atoms with E-state index in [1.807, 2.05) is 31.2 Å². The van der Waals surface area contributed by atoms with E-state index in [1.54, 1.807) is 7.11 Å². The second kappa shape index (κ2) is 4.91. The summed E-state index contributed by atoms with van der Waals surface area (Å²) in [6.07, 6.45) is 0.606. The number of methoxy groups -OCH3 is 1. The van der Waals surface area contributed by atoms with E-state index in [1.165, 1.54) is 11.8 Å². The van der Waals surface area contributed by atoms with Crippen LogP contribution in [-0.4, -0.2) is 30.4 Å². The highest BCUT2D eigenvalue weighted by Crippen LogP contribution is 2.85. The molecule has 7 heteroatoms. The number of nitrogens with two attached hydrogens (primary N) is 1. The third-order valence-electron chi connectivity index (χ3n) is 6.12. The minimum absolute atomic E-state index is 0.337. The molecule has 0 bridgehead atoms. The van der Waals surface area contributed by atoms with Gasteiger partial charge in [-0.2, -0.15) is 10.5 Å². The first-order valence-corrected chi connectivity index (χ1v) is 9.20. The van der Waals surface area contributed by atoms with E-state index in [0.717, 1.165) is 17.1 Å². The zero-order valence-electron chi connectivity index (χ0n) is 14.1. The van der Waals surface area contributed by atoms with Crippen LogP contribution in [0, 0.1) is 33.5 Å². The smallest absolute Gasteiger partial charge is 0.278 e. The first-order valence-electron chi connectivity index (χ1n) is 8.22. The van der Waals surface area contributed by atoms with E-state index < -0.39 is 21.3 Å². The highest BCUT2D eigenvalue weighted by atomic mass is 32.2. The van der Waals surface area contributed by atoms with Crippen molar-refractivity contribution in [3.63, 3.8) is 0 Å². The van der Waals surface area contributed by atoms with Crippen LogP contribution in [0.25, 0.3) is 0 Å². The number of nitrogens with zero attached hydrogens (tertiary/aromatic N) is 2. The molecule has 1 saturated carbocycles. The fourth-order valence-electron chi connectivity index (χ4n) is 5.19. The molecule has 4 rings (SSSR count). The van der Waals surface area contributed by atoms with Crippen LogP contribution in [-0.2, 0) is 10.2 Å². The van der Waals surface area contributed by atoms with Crippen molar-refractivity contribution in [1.82, 2.24) is 0 Å². The van der Waals surface area contributed by atoms with Crippen LogP contribution in [0.5, 0.6) is 5.75 Å². The van der Waals surface area contributed by atoms with Gasteiger partial charge in [0.1, 0.15) is 5.75 Å². The molecular formula is C18H19N4O2S+. The number of fused-ring (bicyclic) bond motifs is 2. The molecule has 0 unspecified atom stereocenters. The van der Waals surface area contributed by atoms with Gasteiger partial charge in [0.05, 0.1) is 31.3 Å². The topological polar surface area (TPSA) is 106 Å². The van der Waals surface area contributed by atoms with Gasteiger partial charge in [0.2, 0.25) is 0 Å². The van der Waals surface area contributed by atoms with Crippen LogP contribution in [0.4, 0.5) is 0 Å². The maximum absolute atomic E-state index is 10.3. The Morgan fingerprint density at radius 3 is 2.52 bits per heavy atom. The van der Waals surface area contributed by atoms with Gasteiger partial charge in [0.15, 0.2) is 10.8 Å². The fraction of sp³-hybridized carbons (Fsp3) is 0.500. The van der Waals surface area contributed by atoms with Gasteiger partial charge in [-0.3, -0.25) is 5.73 Å². The molecule has 1 saturated heterocycles. The zero-order valence-corrected chi connectivity index (χ0v) is 14.9. The van der Waals surface area contributed by atoms with Crippen molar-refractivity contribution >= 4 is 17.6 Å². The summed E-state index contributed by atoms with van der Waals surface area (Å²) in [5.74, 6) is 1.82. The lowest BCUT2D eigenvalue weighted by atomic mass is 9.81. The Kier molecular flexibility index (Phi) is 3.19. The van der Waals surface area contributed by atoms with Gasteiger partial charge < -0.3 is 9.47 Å². The Balaban J connectivity index is 1.99. The number of hydrogen-bond donors (Lipinski definition) is 2. The average molecular weight is 355 g/mol. The van der Waals surface area contributed by atoms with Crippen molar-refractivity contribution in [1.29, 1.82) is 10.5 Å². The number of benzene rings is 1. The molecule has 1 aromatic rings. The molecule has 0 aromatic heterocycles. The maximum atomic E-state index is 10.3. The third kappa shape index (κ3) is 1.37. The molecule has 0 radical (unpaired) electrons. The van der Waals surface area contributed by atoms with E-state index in [-0.39, 0.29) is 0 Å². The summed E-state index contributed by atoms with van der Waals surface area (Å²) in [7, 11) is 1.61. The molecule has 25 heavy (non-hydrogen) atoms. The third-order valence-corrected chi connectivity index (χ3v) is 7.42. The number of ether oxygens (including phenoxy) is 2. The maximum Gasteiger partial charge on any atom is 0.278 e. The quantitative estimate of drug-likeness (QED) is 0.805. The van der Waals surface area contributed by atoms with E-state index >= 15 is 0 Å². The van der Waals surface area contributed by atoms with Gasteiger partial charge in [-0.25, -0.2) is 4.99 Å². The van der Waals surface area contributed by atoms with Gasteiger partial charge in [-0.15, -0.1) is 0 Å². The highest BCUT2D eigenvalue weighted by Gasteiger charge is 3.03. The van der Waals surface area contributed by atoms with Crippen molar-refractivity contribution in [3.05, 3.63) is 29.8 Å². The molecule has 1 aliphatic carbocycles. The van der Waals surface area contributed by atoms with Crippen LogP contribution in [0.2, 0.25) is 0 Å². The second-order valence-corrected chi connectivity index (χ2v) is 7.84. The Labute approximate surface area is 150 Å². The fourth-order valence-corrected chi connectivity index (χ4v) is 6.58. The van der Waals surface area contributed by atoms with Crippen LogP contribution < -0.4 is 15.5 Å². The van der Waals surface area contributed by atoms with Gasteiger partial charge in [0.25, 0.3) is 10.9 Å². The van der Waals surface area contributed by atoms with Crippen LogP contribution in [0.1, 0.15) is 18.9 Å². The van der Waals surface area contributed by atoms with Gasteiger partial charge >= 0.3 is 0 Å². The monoisotopic (exact) mass is 355 g/mol. The molecule has 2 fully saturated rings. The number of hydrogen-bond acceptors (Lipinski definition) is 6. The van der Waals surface area contributed by atoms with Crippen LogP contribution in [0.15, 0.2) is 24.3 Å². The SMILES string of the molecule is CC[C@]1(c2ccc(OC)cc2)[C@]2(C#N)C(N)=[NH+][C@@]3(OCCS3)[C@@]21C#N. The number of rotatable bonds is 3. The molecule has 6 nitrogen and oxygen atoms in total. The summed E-state index contributed by atoms with van der Waals surface area (Å²) in [6.45, 7) is 2.53. The molecule has 3 N–H and O–H groups in total. The minimum Gasteiger partial charge on any atom is -0.497 e. The van der Waals surface area contributed by atoms with Crippen LogP contribution >= 0.6 is 11.8 Å². The molecule has 1 spiro atoms. The molecular weight excluding hydrogens is 336 g/mol. The molecule has 1 aromatic carbocycles. The highest BCUT2D eigenvalue weighted by molar-refractivity contribution is 8.00. The molecule has 3 aliphatic rings. The first-order chi connectivity index (χ1) is 12.1. The Bertz CT molecular complexity index is 849. The summed E-state index contributed by atoms with van der Waals surface area (Å²) < 4.78 is 11.3. The summed E-state index contributed by atoms with van der Waals surface area (Å²) in [4.78, 5) is 3.16. The zero-order chi connectivity index (χ0) is 17.9. The van der Waals surface area contributed by atoms with Crippen molar-refractivity contribution in [2.24, 2.45) is 16.6 Å². The van der Waals surface area contributed by atoms with Gasteiger partial charge in [-0.05, 0) is 24.1 Å². The van der Waals surface area contributed by atoms with Gasteiger partial charge in [-0.1, -0.05) is 30.8 Å². The standard InChI is InChI=1S/C18H18N4O2S/c1-3-15(12-4-6-13(23-2)7-5-12)16(10-19)14(21)22-18(17(15,16)11-20)24-8-9-25-18/h4-7H,3,8-9H2,1-2H3,(H2,21,22)/p+1/t15-,16-,17+,18+/m0/s1. The summed E-state index contributed by atoms with van der Waals surface area (Å²) in [6, 6.07) is 12.5. The van der Waals surface area contributed by atoms with E-state index in [2.05, 4.69) is 17.1 Å². The lowest BCUT2D eigenvalue weighted by Crippen LogP contribution is -2.88. The van der Waals surface area contributed by atoms with Crippen molar-refractivity contribution in [3.8, 4) is 17.9 Å². The largest absolute Gasteiger partial charge is 0.497 e. The first kappa shape index (κ1) is 16.3. The number of nitrogens with one attached hydrogen (secondary N) is 1. The average Bonchev–Trinajstić information content (AvgIpc) is 2.85. The lowest BCUT2D eigenvalue weighted by molar-refractivity contribution is -0.584. The summed E-state index contributed by atoms with van der Waals surface area (Å²) >= 11 is 1.53. The van der Waals surface area contributed by atoms with Gasteiger partial charge in [0, 0.05) is 5.75 Å². The number of amidine groups is 1. The van der Waals surface area contributed by atoms with E-state index in [4.69, 9.17) is 15.2 Å². The van der Waals surface area contributed by atoms with E-state index in [9.17, 15) is 10.5 Å². The number of thioether (sulfide) groups is 1. The Hall–Kier alpha value is -2.22. The molecule has 2 aliphatic heterocycles.